The van der Waals surface area contributed by atoms with E-state index < -0.39 is 36.3 Å². The van der Waals surface area contributed by atoms with E-state index >= 15 is 0 Å². The van der Waals surface area contributed by atoms with E-state index in [2.05, 4.69) is 4.74 Å². The lowest BCUT2D eigenvalue weighted by Crippen LogP contribution is -2.30. The second kappa shape index (κ2) is 2.42. The molecule has 5 heteroatoms. The van der Waals surface area contributed by atoms with Gasteiger partial charge in [0.2, 0.25) is 0 Å². The third-order valence-corrected chi connectivity index (χ3v) is 2.57. The van der Waals surface area contributed by atoms with Crippen molar-refractivity contribution in [2.75, 3.05) is 0 Å². The molecule has 0 aromatic carbocycles. The molecule has 0 amide bonds. The van der Waals surface area contributed by atoms with Crippen molar-refractivity contribution in [3.05, 3.63) is 0 Å². The zero-order valence-electron chi connectivity index (χ0n) is 6.25. The van der Waals surface area contributed by atoms with Gasteiger partial charge < -0.3 is 20.1 Å². The molecule has 2 unspecified atom stereocenters. The molecule has 0 spiro atoms. The fourth-order valence-electron chi connectivity index (χ4n) is 1.87. The highest BCUT2D eigenvalue weighted by molar-refractivity contribution is 5.77. The Hall–Kier alpha value is -0.650. The van der Waals surface area contributed by atoms with Crippen LogP contribution in [0.1, 0.15) is 6.42 Å². The molecule has 1 aliphatic heterocycles. The van der Waals surface area contributed by atoms with Gasteiger partial charge in [-0.2, -0.15) is 0 Å². The first-order chi connectivity index (χ1) is 5.61. The molecule has 1 saturated carbocycles. The molecular weight excluding hydrogens is 164 g/mol. The van der Waals surface area contributed by atoms with Crippen LogP contribution in [-0.2, 0) is 9.53 Å². The summed E-state index contributed by atoms with van der Waals surface area (Å²) in [6.07, 6.45) is -3.61. The van der Waals surface area contributed by atoms with Crippen LogP contribution in [0.5, 0.6) is 0 Å². The SMILES string of the molecule is O=C1O[C@H]2[C@H](CC(O)[C@@H]2O)C1O. The summed E-state index contributed by atoms with van der Waals surface area (Å²) in [4.78, 5) is 10.8. The highest BCUT2D eigenvalue weighted by Crippen LogP contribution is 2.36. The minimum absolute atomic E-state index is 0.221. The van der Waals surface area contributed by atoms with Crippen LogP contribution in [0.25, 0.3) is 0 Å². The molecule has 2 fully saturated rings. The maximum Gasteiger partial charge on any atom is 0.335 e. The second-order valence-corrected chi connectivity index (χ2v) is 3.30. The van der Waals surface area contributed by atoms with Gasteiger partial charge in [0.15, 0.2) is 6.10 Å². The summed E-state index contributed by atoms with van der Waals surface area (Å²) in [5.74, 6) is -1.14. The fourth-order valence-corrected chi connectivity index (χ4v) is 1.87. The van der Waals surface area contributed by atoms with E-state index in [9.17, 15) is 15.0 Å². The summed E-state index contributed by atoms with van der Waals surface area (Å²) in [5.41, 5.74) is 0. The lowest BCUT2D eigenvalue weighted by Gasteiger charge is -2.12. The van der Waals surface area contributed by atoms with Crippen molar-refractivity contribution in [2.45, 2.75) is 30.8 Å². The number of hydrogen-bond donors (Lipinski definition) is 3. The van der Waals surface area contributed by atoms with Crippen molar-refractivity contribution in [3.63, 3.8) is 0 Å². The molecular formula is C7H10O5. The Morgan fingerprint density at radius 2 is 2.00 bits per heavy atom. The molecule has 68 valence electrons. The summed E-state index contributed by atoms with van der Waals surface area (Å²) in [6.45, 7) is 0. The predicted octanol–water partition coefficient (Wildman–Crippen LogP) is -1.99. The maximum absolute atomic E-state index is 10.8. The van der Waals surface area contributed by atoms with Gasteiger partial charge in [0.1, 0.15) is 12.2 Å². The van der Waals surface area contributed by atoms with E-state index in [0.29, 0.717) is 0 Å². The smallest absolute Gasteiger partial charge is 0.335 e. The number of carbonyl (C=O) groups is 1. The molecule has 0 radical (unpaired) electrons. The number of hydrogen-bond acceptors (Lipinski definition) is 5. The Morgan fingerprint density at radius 1 is 1.33 bits per heavy atom. The number of ether oxygens (including phenoxy) is 1. The average Bonchev–Trinajstić information content (AvgIpc) is 2.43. The lowest BCUT2D eigenvalue weighted by molar-refractivity contribution is -0.152. The van der Waals surface area contributed by atoms with Crippen molar-refractivity contribution < 1.29 is 24.9 Å². The molecule has 2 aliphatic rings. The highest BCUT2D eigenvalue weighted by atomic mass is 16.6. The van der Waals surface area contributed by atoms with Crippen LogP contribution in [0.15, 0.2) is 0 Å². The first-order valence-electron chi connectivity index (χ1n) is 3.86. The maximum atomic E-state index is 10.8. The Kier molecular flexibility index (Phi) is 1.61. The Labute approximate surface area is 68.6 Å². The first-order valence-corrected chi connectivity index (χ1v) is 3.86. The topological polar surface area (TPSA) is 87.0 Å². The minimum Gasteiger partial charge on any atom is -0.457 e. The fraction of sp³-hybridized carbons (Fsp3) is 0.857. The van der Waals surface area contributed by atoms with Crippen molar-refractivity contribution in [2.24, 2.45) is 5.92 Å². The largest absolute Gasteiger partial charge is 0.457 e. The highest BCUT2D eigenvalue weighted by Gasteiger charge is 2.54. The number of carbonyl (C=O) groups excluding carboxylic acids is 1. The quantitative estimate of drug-likeness (QED) is 0.370. The normalized spacial score (nSPS) is 52.2. The van der Waals surface area contributed by atoms with Crippen LogP contribution in [0.3, 0.4) is 0 Å². The molecule has 12 heavy (non-hydrogen) atoms. The molecule has 5 atom stereocenters. The molecule has 3 N–H and O–H groups in total. The molecule has 1 aliphatic carbocycles. The monoisotopic (exact) mass is 174 g/mol. The summed E-state index contributed by atoms with van der Waals surface area (Å²) in [7, 11) is 0. The first kappa shape index (κ1) is 7.97. The van der Waals surface area contributed by atoms with Gasteiger partial charge in [-0.1, -0.05) is 0 Å². The van der Waals surface area contributed by atoms with Gasteiger partial charge >= 0.3 is 5.97 Å². The Bertz CT molecular complexity index is 216. The number of aliphatic hydroxyl groups is 3. The Balaban J connectivity index is 2.19. The zero-order valence-corrected chi connectivity index (χ0v) is 6.25. The third-order valence-electron chi connectivity index (χ3n) is 2.57. The number of esters is 1. The van der Waals surface area contributed by atoms with Crippen molar-refractivity contribution in [1.29, 1.82) is 0 Å². The molecule has 0 bridgehead atoms. The van der Waals surface area contributed by atoms with Gasteiger partial charge in [0.25, 0.3) is 0 Å². The van der Waals surface area contributed by atoms with Crippen molar-refractivity contribution in [1.82, 2.24) is 0 Å². The van der Waals surface area contributed by atoms with Crippen LogP contribution >= 0.6 is 0 Å². The third kappa shape index (κ3) is 0.872. The minimum atomic E-state index is -1.18. The van der Waals surface area contributed by atoms with E-state index in [4.69, 9.17) is 5.11 Å². The second-order valence-electron chi connectivity index (χ2n) is 3.30. The Morgan fingerprint density at radius 3 is 2.58 bits per heavy atom. The van der Waals surface area contributed by atoms with Gasteiger partial charge in [-0.3, -0.25) is 0 Å². The summed E-state index contributed by atoms with van der Waals surface area (Å²) < 4.78 is 4.68. The van der Waals surface area contributed by atoms with Crippen LogP contribution in [0.2, 0.25) is 0 Å². The standard InChI is InChI=1S/C7H10O5/c8-3-1-2-4(9)7(11)12-6(2)5(3)10/h2-6,8-10H,1H2/t2-,3?,4?,5+,6+/m1/s1. The van der Waals surface area contributed by atoms with E-state index in [-0.39, 0.29) is 6.42 Å². The van der Waals surface area contributed by atoms with E-state index in [1.807, 2.05) is 0 Å². The lowest BCUT2D eigenvalue weighted by atomic mass is 10.0. The zero-order chi connectivity index (χ0) is 8.88. The number of fused-ring (bicyclic) bond motifs is 1. The van der Waals surface area contributed by atoms with Crippen molar-refractivity contribution in [3.8, 4) is 0 Å². The van der Waals surface area contributed by atoms with Crippen LogP contribution in [0.4, 0.5) is 0 Å². The molecule has 5 nitrogen and oxygen atoms in total. The molecule has 0 aromatic rings. The van der Waals surface area contributed by atoms with Crippen LogP contribution in [-0.4, -0.2) is 45.7 Å². The number of rotatable bonds is 0. The molecule has 2 rings (SSSR count). The van der Waals surface area contributed by atoms with E-state index in [1.54, 1.807) is 0 Å². The van der Waals surface area contributed by atoms with Crippen LogP contribution in [0, 0.1) is 5.92 Å². The summed E-state index contributed by atoms with van der Waals surface area (Å²) in [5, 5.41) is 27.6. The van der Waals surface area contributed by atoms with Gasteiger partial charge in [-0.25, -0.2) is 4.79 Å². The van der Waals surface area contributed by atoms with E-state index in [1.165, 1.54) is 0 Å². The predicted molar refractivity (Wildman–Crippen MR) is 36.0 cm³/mol. The van der Waals surface area contributed by atoms with Gasteiger partial charge in [0, 0.05) is 5.92 Å². The molecule has 1 saturated heterocycles. The molecule has 1 heterocycles. The summed E-state index contributed by atoms with van der Waals surface area (Å²) >= 11 is 0. The van der Waals surface area contributed by atoms with Crippen LogP contribution < -0.4 is 0 Å². The average molecular weight is 174 g/mol. The van der Waals surface area contributed by atoms with Crippen molar-refractivity contribution >= 4 is 5.97 Å². The van der Waals surface area contributed by atoms with E-state index in [0.717, 1.165) is 0 Å². The number of aliphatic hydroxyl groups excluding tert-OH is 3. The van der Waals surface area contributed by atoms with Gasteiger partial charge in [0.05, 0.1) is 6.10 Å². The summed E-state index contributed by atoms with van der Waals surface area (Å²) in [6, 6.07) is 0. The van der Waals surface area contributed by atoms with Gasteiger partial charge in [-0.15, -0.1) is 0 Å². The van der Waals surface area contributed by atoms with Gasteiger partial charge in [-0.05, 0) is 6.42 Å². The molecule has 0 aromatic heterocycles.